The molecule has 1 heterocycles. The molecule has 0 saturated heterocycles. The van der Waals surface area contributed by atoms with Gasteiger partial charge < -0.3 is 20.5 Å². The van der Waals surface area contributed by atoms with Crippen LogP contribution in [0.15, 0.2) is 18.2 Å². The number of hydrogen-bond acceptors (Lipinski definition) is 5. The van der Waals surface area contributed by atoms with Crippen LogP contribution in [0, 0.1) is 0 Å². The fourth-order valence-electron chi connectivity index (χ4n) is 1.95. The molecule has 1 atom stereocenters. The molecule has 3 N–H and O–H groups in total. The first-order chi connectivity index (χ1) is 9.15. The highest BCUT2D eigenvalue weighted by Gasteiger charge is 2.27. The summed E-state index contributed by atoms with van der Waals surface area (Å²) in [6.45, 7) is 0.218. The second-order valence-electron chi connectivity index (χ2n) is 4.19. The van der Waals surface area contributed by atoms with E-state index in [0.29, 0.717) is 30.1 Å². The Labute approximate surface area is 110 Å². The van der Waals surface area contributed by atoms with E-state index in [-0.39, 0.29) is 18.2 Å². The molecule has 19 heavy (non-hydrogen) atoms. The molecule has 0 aromatic heterocycles. The van der Waals surface area contributed by atoms with Gasteiger partial charge in [-0.1, -0.05) is 0 Å². The molecule has 2 rings (SSSR count). The zero-order valence-electron chi connectivity index (χ0n) is 10.6. The minimum absolute atomic E-state index is 0.143. The third-order valence-electron chi connectivity index (χ3n) is 2.95. The van der Waals surface area contributed by atoms with E-state index in [2.05, 4.69) is 5.32 Å². The maximum Gasteiger partial charge on any atom is 0.234 e. The standard InChI is InChI=1S/C13H16N2O4/c1-18-8-2-3-11-9(6-8)13(17)10(4-5-19-11)15-12(16)7-14/h2-3,6,10H,4-5,7,14H2,1H3,(H,15,16). The lowest BCUT2D eigenvalue weighted by Gasteiger charge is -2.14. The van der Waals surface area contributed by atoms with E-state index in [4.69, 9.17) is 15.2 Å². The van der Waals surface area contributed by atoms with E-state index in [1.807, 2.05) is 0 Å². The molecule has 0 aliphatic carbocycles. The molecule has 1 aliphatic rings. The van der Waals surface area contributed by atoms with E-state index >= 15 is 0 Å². The molecule has 1 aliphatic heterocycles. The monoisotopic (exact) mass is 264 g/mol. The Balaban J connectivity index is 2.29. The van der Waals surface area contributed by atoms with Crippen molar-refractivity contribution in [3.8, 4) is 11.5 Å². The van der Waals surface area contributed by atoms with Gasteiger partial charge in [0.15, 0.2) is 5.78 Å². The van der Waals surface area contributed by atoms with Crippen LogP contribution in [0.3, 0.4) is 0 Å². The van der Waals surface area contributed by atoms with Gasteiger partial charge in [-0.05, 0) is 18.2 Å². The van der Waals surface area contributed by atoms with Crippen molar-refractivity contribution in [3.05, 3.63) is 23.8 Å². The summed E-state index contributed by atoms with van der Waals surface area (Å²) >= 11 is 0. The Kier molecular flexibility index (Phi) is 4.01. The number of ketones is 1. The number of rotatable bonds is 3. The van der Waals surface area contributed by atoms with Crippen molar-refractivity contribution in [2.24, 2.45) is 5.73 Å². The molecule has 0 saturated carbocycles. The fourth-order valence-corrected chi connectivity index (χ4v) is 1.95. The molecule has 6 heteroatoms. The van der Waals surface area contributed by atoms with Gasteiger partial charge in [0, 0.05) is 6.42 Å². The molecule has 6 nitrogen and oxygen atoms in total. The molecule has 0 bridgehead atoms. The average molecular weight is 264 g/mol. The Bertz CT molecular complexity index is 501. The smallest absolute Gasteiger partial charge is 0.234 e. The van der Waals surface area contributed by atoms with Crippen LogP contribution in [0.5, 0.6) is 11.5 Å². The quantitative estimate of drug-likeness (QED) is 0.808. The number of nitrogens with two attached hydrogens (primary N) is 1. The second-order valence-corrected chi connectivity index (χ2v) is 4.19. The predicted molar refractivity (Wildman–Crippen MR) is 68.4 cm³/mol. The first-order valence-corrected chi connectivity index (χ1v) is 6.00. The summed E-state index contributed by atoms with van der Waals surface area (Å²) in [7, 11) is 1.53. The topological polar surface area (TPSA) is 90.7 Å². The van der Waals surface area contributed by atoms with Crippen molar-refractivity contribution in [1.29, 1.82) is 0 Å². The summed E-state index contributed by atoms with van der Waals surface area (Å²) in [5, 5.41) is 2.60. The normalized spacial score (nSPS) is 18.0. The molecule has 0 radical (unpaired) electrons. The van der Waals surface area contributed by atoms with Gasteiger partial charge in [0.2, 0.25) is 5.91 Å². The number of carbonyl (C=O) groups is 2. The summed E-state index contributed by atoms with van der Waals surface area (Å²) < 4.78 is 10.6. The fraction of sp³-hybridized carbons (Fsp3) is 0.385. The molecule has 1 aromatic carbocycles. The van der Waals surface area contributed by atoms with E-state index < -0.39 is 6.04 Å². The Hall–Kier alpha value is -2.08. The van der Waals surface area contributed by atoms with Crippen LogP contribution in [0.1, 0.15) is 16.8 Å². The van der Waals surface area contributed by atoms with Gasteiger partial charge in [0.1, 0.15) is 11.5 Å². The van der Waals surface area contributed by atoms with Crippen molar-refractivity contribution in [3.63, 3.8) is 0 Å². The SMILES string of the molecule is COc1ccc2c(c1)C(=O)C(NC(=O)CN)CCO2. The summed E-state index contributed by atoms with van der Waals surface area (Å²) in [4.78, 5) is 23.7. The Morgan fingerprint density at radius 1 is 1.58 bits per heavy atom. The van der Waals surface area contributed by atoms with Crippen LogP contribution in [-0.4, -0.2) is 38.0 Å². The van der Waals surface area contributed by atoms with Gasteiger partial charge in [-0.15, -0.1) is 0 Å². The van der Waals surface area contributed by atoms with Crippen molar-refractivity contribution >= 4 is 11.7 Å². The highest BCUT2D eigenvalue weighted by molar-refractivity contribution is 6.04. The average Bonchev–Trinajstić information content (AvgIpc) is 2.59. The molecule has 1 unspecified atom stereocenters. The lowest BCUT2D eigenvalue weighted by Crippen LogP contribution is -2.43. The maximum absolute atomic E-state index is 12.4. The summed E-state index contributed by atoms with van der Waals surface area (Å²) in [6, 6.07) is 4.43. The number of ether oxygens (including phenoxy) is 2. The van der Waals surface area contributed by atoms with E-state index in [1.54, 1.807) is 18.2 Å². The van der Waals surface area contributed by atoms with Crippen molar-refractivity contribution in [2.75, 3.05) is 20.3 Å². The minimum Gasteiger partial charge on any atom is -0.497 e. The lowest BCUT2D eigenvalue weighted by atomic mass is 10.0. The number of methoxy groups -OCH3 is 1. The molecule has 0 fully saturated rings. The molecule has 102 valence electrons. The predicted octanol–water partition coefficient (Wildman–Crippen LogP) is 0.104. The molecule has 0 spiro atoms. The summed E-state index contributed by atoms with van der Waals surface area (Å²) in [6.07, 6.45) is 0.418. The Morgan fingerprint density at radius 3 is 3.05 bits per heavy atom. The summed E-state index contributed by atoms with van der Waals surface area (Å²) in [5.41, 5.74) is 5.66. The van der Waals surface area contributed by atoms with Crippen LogP contribution in [0.2, 0.25) is 0 Å². The molecular formula is C13H16N2O4. The number of nitrogens with one attached hydrogen (secondary N) is 1. The Morgan fingerprint density at radius 2 is 2.37 bits per heavy atom. The highest BCUT2D eigenvalue weighted by Crippen LogP contribution is 2.28. The largest absolute Gasteiger partial charge is 0.497 e. The van der Waals surface area contributed by atoms with E-state index in [1.165, 1.54) is 7.11 Å². The number of carbonyl (C=O) groups excluding carboxylic acids is 2. The van der Waals surface area contributed by atoms with Crippen LogP contribution in [0.4, 0.5) is 0 Å². The number of hydrogen-bond donors (Lipinski definition) is 2. The van der Waals surface area contributed by atoms with Gasteiger partial charge >= 0.3 is 0 Å². The molecule has 1 aromatic rings. The first kappa shape index (κ1) is 13.4. The lowest BCUT2D eigenvalue weighted by molar-refractivity contribution is -0.120. The number of Topliss-reactive ketones (excluding diaryl/α,β-unsaturated/α-hetero) is 1. The third-order valence-corrected chi connectivity index (χ3v) is 2.95. The van der Waals surface area contributed by atoms with Gasteiger partial charge in [0.05, 0.1) is 31.9 Å². The van der Waals surface area contributed by atoms with Crippen molar-refractivity contribution < 1.29 is 19.1 Å². The van der Waals surface area contributed by atoms with Gasteiger partial charge in [-0.2, -0.15) is 0 Å². The third kappa shape index (κ3) is 2.85. The van der Waals surface area contributed by atoms with Crippen molar-refractivity contribution in [2.45, 2.75) is 12.5 Å². The van der Waals surface area contributed by atoms with Gasteiger partial charge in [-0.25, -0.2) is 0 Å². The van der Waals surface area contributed by atoms with Crippen LogP contribution < -0.4 is 20.5 Å². The number of benzene rings is 1. The number of fused-ring (bicyclic) bond motifs is 1. The summed E-state index contributed by atoms with van der Waals surface area (Å²) in [5.74, 6) is 0.537. The van der Waals surface area contributed by atoms with Crippen molar-refractivity contribution in [1.82, 2.24) is 5.32 Å². The highest BCUT2D eigenvalue weighted by atomic mass is 16.5. The van der Waals surface area contributed by atoms with Crippen LogP contribution in [-0.2, 0) is 4.79 Å². The minimum atomic E-state index is -0.607. The molecule has 1 amide bonds. The van der Waals surface area contributed by atoms with Gasteiger partial charge in [0.25, 0.3) is 0 Å². The van der Waals surface area contributed by atoms with E-state index in [0.717, 1.165) is 0 Å². The first-order valence-electron chi connectivity index (χ1n) is 6.00. The maximum atomic E-state index is 12.4. The molecular weight excluding hydrogens is 248 g/mol. The number of amides is 1. The zero-order chi connectivity index (χ0) is 13.8. The van der Waals surface area contributed by atoms with Crippen LogP contribution >= 0.6 is 0 Å². The van der Waals surface area contributed by atoms with Gasteiger partial charge in [-0.3, -0.25) is 9.59 Å². The van der Waals surface area contributed by atoms with Crippen LogP contribution in [0.25, 0.3) is 0 Å². The van der Waals surface area contributed by atoms with E-state index in [9.17, 15) is 9.59 Å². The second kappa shape index (κ2) is 5.71. The zero-order valence-corrected chi connectivity index (χ0v) is 10.6.